The normalized spacial score (nSPS) is 27.9. The number of hydrogen-bond acceptors (Lipinski definition) is 3. The molecule has 2 unspecified atom stereocenters. The first-order chi connectivity index (χ1) is 9.15. The van der Waals surface area contributed by atoms with E-state index in [1.54, 1.807) is 0 Å². The van der Waals surface area contributed by atoms with E-state index in [1.165, 1.54) is 0 Å². The van der Waals surface area contributed by atoms with Crippen LogP contribution in [-0.2, 0) is 9.53 Å². The van der Waals surface area contributed by atoms with Gasteiger partial charge in [0.05, 0.1) is 6.10 Å². The van der Waals surface area contributed by atoms with Crippen molar-refractivity contribution in [3.05, 3.63) is 0 Å². The molecule has 0 saturated carbocycles. The molecule has 0 radical (unpaired) electrons. The number of piperidine rings is 1. The van der Waals surface area contributed by atoms with Gasteiger partial charge in [0, 0.05) is 18.6 Å². The molecular formula is C15H29ClN2O2. The monoisotopic (exact) mass is 304 g/mol. The lowest BCUT2D eigenvalue weighted by Crippen LogP contribution is -2.46. The summed E-state index contributed by atoms with van der Waals surface area (Å²) in [5.74, 6) is 1.13. The summed E-state index contributed by atoms with van der Waals surface area (Å²) in [6.45, 7) is 7.18. The van der Waals surface area contributed by atoms with E-state index in [1.807, 2.05) is 0 Å². The van der Waals surface area contributed by atoms with Gasteiger partial charge < -0.3 is 15.4 Å². The molecule has 118 valence electrons. The van der Waals surface area contributed by atoms with E-state index in [0.717, 1.165) is 51.8 Å². The van der Waals surface area contributed by atoms with E-state index in [2.05, 4.69) is 24.5 Å². The summed E-state index contributed by atoms with van der Waals surface area (Å²) in [6, 6.07) is 0.319. The molecule has 2 aliphatic heterocycles. The molecule has 0 aromatic heterocycles. The Morgan fingerprint density at radius 1 is 1.30 bits per heavy atom. The number of carbonyl (C=O) groups excluding carboxylic acids is 1. The van der Waals surface area contributed by atoms with Gasteiger partial charge in [0.25, 0.3) is 0 Å². The van der Waals surface area contributed by atoms with Gasteiger partial charge in [-0.1, -0.05) is 13.8 Å². The van der Waals surface area contributed by atoms with Crippen molar-refractivity contribution in [1.29, 1.82) is 0 Å². The average molecular weight is 305 g/mol. The third-order valence-corrected chi connectivity index (χ3v) is 4.16. The first-order valence-corrected chi connectivity index (χ1v) is 7.78. The van der Waals surface area contributed by atoms with Crippen molar-refractivity contribution in [3.8, 4) is 0 Å². The zero-order valence-corrected chi connectivity index (χ0v) is 13.5. The fourth-order valence-electron chi connectivity index (χ4n) is 3.10. The lowest BCUT2D eigenvalue weighted by Gasteiger charge is -2.32. The first kappa shape index (κ1) is 17.7. The molecule has 0 aliphatic carbocycles. The van der Waals surface area contributed by atoms with Gasteiger partial charge in [-0.05, 0) is 51.1 Å². The second kappa shape index (κ2) is 8.85. The van der Waals surface area contributed by atoms with Crippen molar-refractivity contribution in [3.63, 3.8) is 0 Å². The molecule has 0 aromatic carbocycles. The van der Waals surface area contributed by atoms with E-state index >= 15 is 0 Å². The Labute approximate surface area is 128 Å². The van der Waals surface area contributed by atoms with Crippen LogP contribution < -0.4 is 10.6 Å². The average Bonchev–Trinajstić information content (AvgIpc) is 2.39. The highest BCUT2D eigenvalue weighted by molar-refractivity contribution is 5.85. The number of amides is 1. The van der Waals surface area contributed by atoms with Crippen LogP contribution >= 0.6 is 12.4 Å². The second-order valence-corrected chi connectivity index (χ2v) is 6.38. The number of halogens is 1. The maximum atomic E-state index is 12.2. The third-order valence-electron chi connectivity index (χ3n) is 4.16. The Hall–Kier alpha value is -0.320. The summed E-state index contributed by atoms with van der Waals surface area (Å²) >= 11 is 0. The molecule has 2 saturated heterocycles. The van der Waals surface area contributed by atoms with Crippen LogP contribution in [0.2, 0.25) is 0 Å². The number of nitrogens with one attached hydrogen (secondary N) is 2. The Morgan fingerprint density at radius 3 is 2.65 bits per heavy atom. The summed E-state index contributed by atoms with van der Waals surface area (Å²) in [5.41, 5.74) is 0. The minimum absolute atomic E-state index is 0. The SMILES string of the molecule is CC(C)CC1CC(NC(=O)C2CCNCC2)CCO1.Cl. The molecule has 0 spiro atoms. The Morgan fingerprint density at radius 2 is 2.00 bits per heavy atom. The molecular weight excluding hydrogens is 276 g/mol. The van der Waals surface area contributed by atoms with Gasteiger partial charge in [-0.2, -0.15) is 0 Å². The van der Waals surface area contributed by atoms with Crippen LogP contribution in [0.5, 0.6) is 0 Å². The van der Waals surface area contributed by atoms with Crippen LogP contribution in [0.4, 0.5) is 0 Å². The van der Waals surface area contributed by atoms with Gasteiger partial charge in [0.2, 0.25) is 5.91 Å². The Balaban J connectivity index is 0.00000200. The zero-order chi connectivity index (χ0) is 13.7. The van der Waals surface area contributed by atoms with Crippen molar-refractivity contribution >= 4 is 18.3 Å². The molecule has 0 bridgehead atoms. The largest absolute Gasteiger partial charge is 0.378 e. The van der Waals surface area contributed by atoms with E-state index < -0.39 is 0 Å². The van der Waals surface area contributed by atoms with Crippen molar-refractivity contribution in [2.45, 2.75) is 58.1 Å². The summed E-state index contributed by atoms with van der Waals surface area (Å²) in [7, 11) is 0. The van der Waals surface area contributed by atoms with Gasteiger partial charge in [-0.25, -0.2) is 0 Å². The molecule has 2 heterocycles. The number of hydrogen-bond donors (Lipinski definition) is 2. The van der Waals surface area contributed by atoms with E-state index in [9.17, 15) is 4.79 Å². The molecule has 2 N–H and O–H groups in total. The standard InChI is InChI=1S/C15H28N2O2.ClH/c1-11(2)9-14-10-13(5-8-19-14)17-15(18)12-3-6-16-7-4-12;/h11-14,16H,3-10H2,1-2H3,(H,17,18);1H. The predicted molar refractivity (Wildman–Crippen MR) is 83.2 cm³/mol. The van der Waals surface area contributed by atoms with Crippen molar-refractivity contribution < 1.29 is 9.53 Å². The Bertz CT molecular complexity index is 294. The summed E-state index contributed by atoms with van der Waals surface area (Å²) in [5, 5.41) is 6.55. The van der Waals surface area contributed by atoms with Crippen molar-refractivity contribution in [1.82, 2.24) is 10.6 Å². The number of ether oxygens (including phenoxy) is 1. The van der Waals surface area contributed by atoms with Crippen LogP contribution in [0, 0.1) is 11.8 Å². The minimum atomic E-state index is 0. The van der Waals surface area contributed by atoms with Gasteiger partial charge in [-0.15, -0.1) is 12.4 Å². The molecule has 2 fully saturated rings. The van der Waals surface area contributed by atoms with Gasteiger partial charge in [-0.3, -0.25) is 4.79 Å². The fraction of sp³-hybridized carbons (Fsp3) is 0.933. The molecule has 2 rings (SSSR count). The lowest BCUT2D eigenvalue weighted by molar-refractivity contribution is -0.127. The third kappa shape index (κ3) is 5.58. The molecule has 2 aliphatic rings. The molecule has 20 heavy (non-hydrogen) atoms. The van der Waals surface area contributed by atoms with Crippen molar-refractivity contribution in [2.24, 2.45) is 11.8 Å². The van der Waals surface area contributed by atoms with Gasteiger partial charge in [0.15, 0.2) is 0 Å². The van der Waals surface area contributed by atoms with Crippen LogP contribution in [0.3, 0.4) is 0 Å². The molecule has 1 amide bonds. The maximum absolute atomic E-state index is 12.2. The summed E-state index contributed by atoms with van der Waals surface area (Å²) in [6.07, 6.45) is 5.32. The lowest BCUT2D eigenvalue weighted by atomic mass is 9.94. The predicted octanol–water partition coefficient (Wildman–Crippen LogP) is 2.12. The molecule has 5 heteroatoms. The highest BCUT2D eigenvalue weighted by atomic mass is 35.5. The Kier molecular flexibility index (Phi) is 7.85. The van der Waals surface area contributed by atoms with E-state index in [4.69, 9.17) is 4.74 Å². The maximum Gasteiger partial charge on any atom is 0.223 e. The topological polar surface area (TPSA) is 50.4 Å². The minimum Gasteiger partial charge on any atom is -0.378 e. The van der Waals surface area contributed by atoms with Crippen LogP contribution in [0.1, 0.15) is 46.0 Å². The highest BCUT2D eigenvalue weighted by Gasteiger charge is 2.27. The van der Waals surface area contributed by atoms with Crippen molar-refractivity contribution in [2.75, 3.05) is 19.7 Å². The summed E-state index contributed by atoms with van der Waals surface area (Å²) in [4.78, 5) is 12.2. The fourth-order valence-corrected chi connectivity index (χ4v) is 3.10. The molecule has 0 aromatic rings. The van der Waals surface area contributed by atoms with Gasteiger partial charge in [0.1, 0.15) is 0 Å². The van der Waals surface area contributed by atoms with E-state index in [0.29, 0.717) is 18.1 Å². The first-order valence-electron chi connectivity index (χ1n) is 7.78. The smallest absolute Gasteiger partial charge is 0.223 e. The number of carbonyl (C=O) groups is 1. The van der Waals surface area contributed by atoms with Crippen LogP contribution in [0.15, 0.2) is 0 Å². The van der Waals surface area contributed by atoms with E-state index in [-0.39, 0.29) is 24.2 Å². The quantitative estimate of drug-likeness (QED) is 0.836. The number of rotatable bonds is 4. The second-order valence-electron chi connectivity index (χ2n) is 6.38. The highest BCUT2D eigenvalue weighted by Crippen LogP contribution is 2.21. The summed E-state index contributed by atoms with van der Waals surface area (Å²) < 4.78 is 5.78. The molecule has 4 nitrogen and oxygen atoms in total. The van der Waals surface area contributed by atoms with Crippen LogP contribution in [-0.4, -0.2) is 37.7 Å². The van der Waals surface area contributed by atoms with Crippen LogP contribution in [0.25, 0.3) is 0 Å². The van der Waals surface area contributed by atoms with Gasteiger partial charge >= 0.3 is 0 Å². The zero-order valence-electron chi connectivity index (χ0n) is 12.7. The molecule has 2 atom stereocenters.